The molecule has 9 heteroatoms. The highest BCUT2D eigenvalue weighted by molar-refractivity contribution is 5.97. The summed E-state index contributed by atoms with van der Waals surface area (Å²) in [5, 5.41) is 21.8. The van der Waals surface area contributed by atoms with E-state index in [9.17, 15) is 14.7 Å². The van der Waals surface area contributed by atoms with Gasteiger partial charge in [-0.05, 0) is 36.2 Å². The van der Waals surface area contributed by atoms with Crippen LogP contribution < -0.4 is 14.8 Å². The van der Waals surface area contributed by atoms with Crippen molar-refractivity contribution in [2.24, 2.45) is 10.2 Å². The van der Waals surface area contributed by atoms with E-state index in [1.54, 1.807) is 16.7 Å². The van der Waals surface area contributed by atoms with Gasteiger partial charge in [-0.2, -0.15) is 0 Å². The Morgan fingerprint density at radius 3 is 2.42 bits per heavy atom. The van der Waals surface area contributed by atoms with Crippen LogP contribution in [-0.2, 0) is 17.8 Å². The fourth-order valence-electron chi connectivity index (χ4n) is 3.86. The zero-order chi connectivity index (χ0) is 25.5. The lowest BCUT2D eigenvalue weighted by Gasteiger charge is -2.09. The SMILES string of the molecule is COc1ccc(C(=O)NCC(=O)N=Nc2c(O)n(CCc3ccccc3)c3ccccc23)cc1OC. The van der Waals surface area contributed by atoms with Gasteiger partial charge in [0.25, 0.3) is 11.8 Å². The predicted octanol–water partition coefficient (Wildman–Crippen LogP) is 4.65. The van der Waals surface area contributed by atoms with E-state index in [4.69, 9.17) is 9.47 Å². The van der Waals surface area contributed by atoms with E-state index >= 15 is 0 Å². The number of benzene rings is 3. The standard InChI is InChI=1S/C27H26N4O5/c1-35-22-13-12-19(16-23(22)36-2)26(33)28-17-24(32)29-30-25-20-10-6-7-11-21(20)31(27(25)34)15-14-18-8-4-3-5-9-18/h3-13,16,34H,14-15,17H2,1-2H3,(H,28,33). The van der Waals surface area contributed by atoms with Crippen molar-refractivity contribution >= 4 is 28.4 Å². The third kappa shape index (κ3) is 5.35. The molecule has 0 radical (unpaired) electrons. The van der Waals surface area contributed by atoms with Gasteiger partial charge < -0.3 is 24.5 Å². The van der Waals surface area contributed by atoms with Crippen LogP contribution in [0.2, 0.25) is 0 Å². The lowest BCUT2D eigenvalue weighted by atomic mass is 10.1. The van der Waals surface area contributed by atoms with Crippen molar-refractivity contribution in [2.75, 3.05) is 20.8 Å². The zero-order valence-corrected chi connectivity index (χ0v) is 20.0. The number of hydrogen-bond acceptors (Lipinski definition) is 6. The molecule has 0 spiro atoms. The van der Waals surface area contributed by atoms with Gasteiger partial charge in [0.2, 0.25) is 5.88 Å². The second-order valence-electron chi connectivity index (χ2n) is 7.92. The summed E-state index contributed by atoms with van der Waals surface area (Å²) in [6, 6.07) is 22.0. The van der Waals surface area contributed by atoms with Crippen LogP contribution in [0.15, 0.2) is 83.0 Å². The first kappa shape index (κ1) is 24.5. The number of para-hydroxylation sites is 1. The van der Waals surface area contributed by atoms with Gasteiger partial charge in [-0.1, -0.05) is 48.5 Å². The normalized spacial score (nSPS) is 11.1. The summed E-state index contributed by atoms with van der Waals surface area (Å²) in [5.74, 6) is -0.320. The molecule has 0 aliphatic rings. The number of aromatic nitrogens is 1. The highest BCUT2D eigenvalue weighted by Crippen LogP contribution is 2.39. The number of azo groups is 1. The quantitative estimate of drug-likeness (QED) is 0.334. The van der Waals surface area contributed by atoms with E-state index in [1.807, 2.05) is 54.6 Å². The second kappa shape index (κ2) is 11.2. The Balaban J connectivity index is 1.45. The van der Waals surface area contributed by atoms with Crippen LogP contribution in [0, 0.1) is 0 Å². The monoisotopic (exact) mass is 486 g/mol. The molecule has 2 amide bonds. The summed E-state index contributed by atoms with van der Waals surface area (Å²) in [4.78, 5) is 24.8. The minimum Gasteiger partial charge on any atom is -0.493 e. The number of aryl methyl sites for hydroxylation is 2. The summed E-state index contributed by atoms with van der Waals surface area (Å²) < 4.78 is 12.1. The van der Waals surface area contributed by atoms with Gasteiger partial charge in [0.1, 0.15) is 6.54 Å². The number of carbonyl (C=O) groups is 2. The van der Waals surface area contributed by atoms with Crippen LogP contribution in [0.1, 0.15) is 15.9 Å². The molecule has 0 atom stereocenters. The summed E-state index contributed by atoms with van der Waals surface area (Å²) in [6.07, 6.45) is 0.713. The molecule has 184 valence electrons. The number of aromatic hydroxyl groups is 1. The Morgan fingerprint density at radius 1 is 0.944 bits per heavy atom. The van der Waals surface area contributed by atoms with Crippen LogP contribution >= 0.6 is 0 Å². The molecule has 9 nitrogen and oxygen atoms in total. The Labute approximate surface area is 208 Å². The molecule has 0 saturated heterocycles. The van der Waals surface area contributed by atoms with Crippen LogP contribution in [-0.4, -0.2) is 42.3 Å². The smallest absolute Gasteiger partial charge is 0.283 e. The Hall–Kier alpha value is -4.66. The average Bonchev–Trinajstić information content (AvgIpc) is 3.19. The molecule has 3 aromatic carbocycles. The third-order valence-electron chi connectivity index (χ3n) is 5.69. The molecule has 4 rings (SSSR count). The number of carbonyl (C=O) groups excluding carboxylic acids is 2. The van der Waals surface area contributed by atoms with E-state index in [0.29, 0.717) is 35.4 Å². The fraction of sp³-hybridized carbons (Fsp3) is 0.185. The first-order chi connectivity index (χ1) is 17.5. The first-order valence-electron chi connectivity index (χ1n) is 11.3. The maximum Gasteiger partial charge on any atom is 0.283 e. The van der Waals surface area contributed by atoms with E-state index in [-0.39, 0.29) is 18.1 Å². The molecule has 0 bridgehead atoms. The van der Waals surface area contributed by atoms with Crippen molar-refractivity contribution in [2.45, 2.75) is 13.0 Å². The van der Waals surface area contributed by atoms with Gasteiger partial charge in [0.05, 0.1) is 19.7 Å². The van der Waals surface area contributed by atoms with Gasteiger partial charge >= 0.3 is 0 Å². The molecular weight excluding hydrogens is 460 g/mol. The molecule has 1 aromatic heterocycles. The van der Waals surface area contributed by atoms with E-state index in [2.05, 4.69) is 15.5 Å². The van der Waals surface area contributed by atoms with Crippen molar-refractivity contribution in [3.05, 3.63) is 83.9 Å². The summed E-state index contributed by atoms with van der Waals surface area (Å²) in [6.45, 7) is 0.172. The number of nitrogens with zero attached hydrogens (tertiary/aromatic N) is 3. The van der Waals surface area contributed by atoms with Crippen molar-refractivity contribution in [1.82, 2.24) is 9.88 Å². The topological polar surface area (TPSA) is 115 Å². The Morgan fingerprint density at radius 2 is 1.67 bits per heavy atom. The second-order valence-corrected chi connectivity index (χ2v) is 7.92. The first-order valence-corrected chi connectivity index (χ1v) is 11.3. The number of rotatable bonds is 9. The zero-order valence-electron chi connectivity index (χ0n) is 20.0. The summed E-state index contributed by atoms with van der Waals surface area (Å²) in [7, 11) is 2.97. The molecule has 0 aliphatic carbocycles. The Kier molecular flexibility index (Phi) is 7.60. The van der Waals surface area contributed by atoms with Gasteiger partial charge in [-0.15, -0.1) is 10.2 Å². The lowest BCUT2D eigenvalue weighted by molar-refractivity contribution is -0.117. The molecule has 0 aliphatic heterocycles. The van der Waals surface area contributed by atoms with Crippen LogP contribution in [0.3, 0.4) is 0 Å². The van der Waals surface area contributed by atoms with E-state index < -0.39 is 11.8 Å². The predicted molar refractivity (Wildman–Crippen MR) is 135 cm³/mol. The minimum atomic E-state index is -0.663. The van der Waals surface area contributed by atoms with Crippen LogP contribution in [0.25, 0.3) is 10.9 Å². The van der Waals surface area contributed by atoms with Crippen LogP contribution in [0.5, 0.6) is 17.4 Å². The maximum atomic E-state index is 12.4. The third-order valence-corrected chi connectivity index (χ3v) is 5.69. The van der Waals surface area contributed by atoms with Gasteiger partial charge in [0, 0.05) is 17.5 Å². The molecule has 0 unspecified atom stereocenters. The molecule has 2 N–H and O–H groups in total. The maximum absolute atomic E-state index is 12.4. The molecule has 36 heavy (non-hydrogen) atoms. The van der Waals surface area contributed by atoms with E-state index in [0.717, 1.165) is 11.1 Å². The minimum absolute atomic E-state index is 0.0713. The van der Waals surface area contributed by atoms with Crippen molar-refractivity contribution in [3.63, 3.8) is 0 Å². The average molecular weight is 487 g/mol. The number of nitrogens with one attached hydrogen (secondary N) is 1. The van der Waals surface area contributed by atoms with Gasteiger partial charge in [0.15, 0.2) is 17.2 Å². The van der Waals surface area contributed by atoms with Crippen LogP contribution in [0.4, 0.5) is 5.69 Å². The molecule has 0 saturated carbocycles. The highest BCUT2D eigenvalue weighted by Gasteiger charge is 2.17. The fourth-order valence-corrected chi connectivity index (χ4v) is 3.86. The Bertz CT molecular complexity index is 1410. The number of hydrogen-bond donors (Lipinski definition) is 2. The summed E-state index contributed by atoms with van der Waals surface area (Å²) >= 11 is 0. The van der Waals surface area contributed by atoms with Crippen molar-refractivity contribution < 1.29 is 24.2 Å². The largest absolute Gasteiger partial charge is 0.493 e. The number of amides is 2. The number of fused-ring (bicyclic) bond motifs is 1. The van der Waals surface area contributed by atoms with Crippen molar-refractivity contribution in [3.8, 4) is 17.4 Å². The van der Waals surface area contributed by atoms with Gasteiger partial charge in [-0.3, -0.25) is 9.59 Å². The van der Waals surface area contributed by atoms with Gasteiger partial charge in [-0.25, -0.2) is 0 Å². The number of methoxy groups -OCH3 is 2. The lowest BCUT2D eigenvalue weighted by Crippen LogP contribution is -2.28. The highest BCUT2D eigenvalue weighted by atomic mass is 16.5. The number of ether oxygens (including phenoxy) is 2. The molecule has 1 heterocycles. The van der Waals surface area contributed by atoms with Crippen molar-refractivity contribution in [1.29, 1.82) is 0 Å². The van der Waals surface area contributed by atoms with E-state index in [1.165, 1.54) is 20.3 Å². The molecular formula is C27H26N4O5. The molecule has 0 fully saturated rings. The molecule has 4 aromatic rings. The summed E-state index contributed by atoms with van der Waals surface area (Å²) in [5.41, 5.74) is 2.43.